The summed E-state index contributed by atoms with van der Waals surface area (Å²) >= 11 is 0. The molecule has 3 nitrogen and oxygen atoms in total. The normalized spacial score (nSPS) is 10.9. The average Bonchev–Trinajstić information content (AvgIpc) is 2.66. The molecule has 0 aliphatic heterocycles. The number of nitrogens with zero attached hydrogens (tertiary/aromatic N) is 3. The number of aromatic nitrogens is 3. The Morgan fingerprint density at radius 2 is 1.94 bits per heavy atom. The second kappa shape index (κ2) is 4.92. The Balaban J connectivity index is 2.03. The summed E-state index contributed by atoms with van der Waals surface area (Å²) in [6.45, 7) is 5.18. The standard InChI is InChI=1S/C13H17N3/c1-11(2)8-13-10-16(15-14-13)9-12-6-4-3-5-7-12/h3-7,10-11H,8-9H2,1-2H3. The number of hydrogen-bond donors (Lipinski definition) is 0. The van der Waals surface area contributed by atoms with Crippen molar-refractivity contribution in [2.24, 2.45) is 5.92 Å². The fraction of sp³-hybridized carbons (Fsp3) is 0.385. The van der Waals surface area contributed by atoms with E-state index in [0.717, 1.165) is 18.7 Å². The molecule has 84 valence electrons. The van der Waals surface area contributed by atoms with Gasteiger partial charge in [-0.3, -0.25) is 0 Å². The van der Waals surface area contributed by atoms with Crippen LogP contribution in [0.1, 0.15) is 25.1 Å². The first kappa shape index (κ1) is 10.9. The molecule has 2 aromatic rings. The van der Waals surface area contributed by atoms with E-state index in [1.807, 2.05) is 29.1 Å². The van der Waals surface area contributed by atoms with Crippen molar-refractivity contribution in [1.29, 1.82) is 0 Å². The molecule has 0 bridgehead atoms. The monoisotopic (exact) mass is 215 g/mol. The lowest BCUT2D eigenvalue weighted by molar-refractivity contribution is 0.630. The van der Waals surface area contributed by atoms with Gasteiger partial charge in [0.15, 0.2) is 0 Å². The number of rotatable bonds is 4. The maximum atomic E-state index is 4.17. The fourth-order valence-electron chi connectivity index (χ4n) is 1.70. The van der Waals surface area contributed by atoms with Crippen LogP contribution in [-0.2, 0) is 13.0 Å². The van der Waals surface area contributed by atoms with Crippen LogP contribution in [-0.4, -0.2) is 15.0 Å². The molecular weight excluding hydrogens is 198 g/mol. The van der Waals surface area contributed by atoms with E-state index in [1.165, 1.54) is 5.56 Å². The van der Waals surface area contributed by atoms with Crippen LogP contribution in [0.15, 0.2) is 36.5 Å². The quantitative estimate of drug-likeness (QED) is 0.784. The van der Waals surface area contributed by atoms with Crippen molar-refractivity contribution in [1.82, 2.24) is 15.0 Å². The molecule has 0 saturated heterocycles. The average molecular weight is 215 g/mol. The van der Waals surface area contributed by atoms with Gasteiger partial charge in [-0.15, -0.1) is 5.10 Å². The van der Waals surface area contributed by atoms with Crippen molar-refractivity contribution >= 4 is 0 Å². The van der Waals surface area contributed by atoms with E-state index in [1.54, 1.807) is 0 Å². The van der Waals surface area contributed by atoms with E-state index in [4.69, 9.17) is 0 Å². The summed E-state index contributed by atoms with van der Waals surface area (Å²) in [6.07, 6.45) is 3.03. The molecule has 1 aromatic carbocycles. The van der Waals surface area contributed by atoms with Crippen molar-refractivity contribution < 1.29 is 0 Å². The van der Waals surface area contributed by atoms with Gasteiger partial charge in [0.1, 0.15) is 0 Å². The van der Waals surface area contributed by atoms with Crippen LogP contribution >= 0.6 is 0 Å². The third-order valence-corrected chi connectivity index (χ3v) is 2.39. The molecule has 0 radical (unpaired) electrons. The molecule has 2 rings (SSSR count). The van der Waals surface area contributed by atoms with Crippen LogP contribution in [0.4, 0.5) is 0 Å². The third kappa shape index (κ3) is 2.92. The highest BCUT2D eigenvalue weighted by atomic mass is 15.4. The van der Waals surface area contributed by atoms with Crippen molar-refractivity contribution in [3.8, 4) is 0 Å². The van der Waals surface area contributed by atoms with Crippen molar-refractivity contribution in [2.75, 3.05) is 0 Å². The summed E-state index contributed by atoms with van der Waals surface area (Å²) in [5.41, 5.74) is 2.33. The van der Waals surface area contributed by atoms with E-state index < -0.39 is 0 Å². The number of hydrogen-bond acceptors (Lipinski definition) is 2. The van der Waals surface area contributed by atoms with Gasteiger partial charge in [0.25, 0.3) is 0 Å². The molecule has 0 atom stereocenters. The van der Waals surface area contributed by atoms with Gasteiger partial charge in [0.05, 0.1) is 12.2 Å². The van der Waals surface area contributed by atoms with Crippen molar-refractivity contribution in [3.63, 3.8) is 0 Å². The molecule has 0 aliphatic carbocycles. The van der Waals surface area contributed by atoms with E-state index >= 15 is 0 Å². The Morgan fingerprint density at radius 1 is 1.19 bits per heavy atom. The van der Waals surface area contributed by atoms with Gasteiger partial charge in [0.2, 0.25) is 0 Å². The summed E-state index contributed by atoms with van der Waals surface area (Å²) < 4.78 is 1.90. The van der Waals surface area contributed by atoms with Crippen molar-refractivity contribution in [2.45, 2.75) is 26.8 Å². The predicted octanol–water partition coefficient (Wildman–Crippen LogP) is 2.52. The van der Waals surface area contributed by atoms with Gasteiger partial charge >= 0.3 is 0 Å². The van der Waals surface area contributed by atoms with Gasteiger partial charge in [-0.1, -0.05) is 49.4 Å². The zero-order valence-corrected chi connectivity index (χ0v) is 9.80. The van der Waals surface area contributed by atoms with E-state index in [2.05, 4.69) is 36.3 Å². The second-order valence-electron chi connectivity index (χ2n) is 4.49. The van der Waals surface area contributed by atoms with E-state index in [9.17, 15) is 0 Å². The first-order valence-electron chi connectivity index (χ1n) is 5.67. The molecule has 0 amide bonds. The zero-order chi connectivity index (χ0) is 11.4. The second-order valence-corrected chi connectivity index (χ2v) is 4.49. The summed E-state index contributed by atoms with van der Waals surface area (Å²) in [7, 11) is 0. The van der Waals surface area contributed by atoms with Crippen LogP contribution in [0.5, 0.6) is 0 Å². The lowest BCUT2D eigenvalue weighted by atomic mass is 10.1. The van der Waals surface area contributed by atoms with E-state index in [0.29, 0.717) is 5.92 Å². The Bertz CT molecular complexity index is 431. The summed E-state index contributed by atoms with van der Waals surface area (Å²) in [6, 6.07) is 10.3. The minimum absolute atomic E-state index is 0.627. The van der Waals surface area contributed by atoms with Gasteiger partial charge in [-0.05, 0) is 17.9 Å². The molecular formula is C13H17N3. The minimum Gasteiger partial charge on any atom is -0.248 e. The highest BCUT2D eigenvalue weighted by molar-refractivity contribution is 5.14. The van der Waals surface area contributed by atoms with Crippen LogP contribution in [0.2, 0.25) is 0 Å². The summed E-state index contributed by atoms with van der Waals surface area (Å²) in [5, 5.41) is 8.30. The lowest BCUT2D eigenvalue weighted by Gasteiger charge is -2.00. The maximum absolute atomic E-state index is 4.17. The van der Waals surface area contributed by atoms with Crippen LogP contribution in [0, 0.1) is 5.92 Å². The Hall–Kier alpha value is -1.64. The molecule has 0 unspecified atom stereocenters. The fourth-order valence-corrected chi connectivity index (χ4v) is 1.70. The first-order valence-corrected chi connectivity index (χ1v) is 5.67. The Morgan fingerprint density at radius 3 is 2.62 bits per heavy atom. The smallest absolute Gasteiger partial charge is 0.0829 e. The zero-order valence-electron chi connectivity index (χ0n) is 9.80. The molecule has 1 heterocycles. The molecule has 3 heteroatoms. The third-order valence-electron chi connectivity index (χ3n) is 2.39. The number of benzene rings is 1. The molecule has 0 spiro atoms. The van der Waals surface area contributed by atoms with Crippen LogP contribution in [0.25, 0.3) is 0 Å². The van der Waals surface area contributed by atoms with Gasteiger partial charge in [0, 0.05) is 6.20 Å². The summed E-state index contributed by atoms with van der Waals surface area (Å²) in [5.74, 6) is 0.627. The van der Waals surface area contributed by atoms with Gasteiger partial charge < -0.3 is 0 Å². The lowest BCUT2D eigenvalue weighted by Crippen LogP contribution is -1.99. The predicted molar refractivity (Wildman–Crippen MR) is 64.1 cm³/mol. The maximum Gasteiger partial charge on any atom is 0.0829 e. The molecule has 0 aliphatic rings. The molecule has 0 fully saturated rings. The molecule has 16 heavy (non-hydrogen) atoms. The summed E-state index contributed by atoms with van der Waals surface area (Å²) in [4.78, 5) is 0. The van der Waals surface area contributed by atoms with Crippen LogP contribution in [0.3, 0.4) is 0 Å². The highest BCUT2D eigenvalue weighted by Gasteiger charge is 2.03. The van der Waals surface area contributed by atoms with Crippen molar-refractivity contribution in [3.05, 3.63) is 47.8 Å². The van der Waals surface area contributed by atoms with E-state index in [-0.39, 0.29) is 0 Å². The van der Waals surface area contributed by atoms with Gasteiger partial charge in [-0.25, -0.2) is 4.68 Å². The molecule has 0 N–H and O–H groups in total. The topological polar surface area (TPSA) is 30.7 Å². The minimum atomic E-state index is 0.627. The largest absolute Gasteiger partial charge is 0.248 e. The van der Waals surface area contributed by atoms with Crippen LogP contribution < -0.4 is 0 Å². The Kier molecular flexibility index (Phi) is 3.34. The first-order chi connectivity index (χ1) is 7.74. The van der Waals surface area contributed by atoms with Gasteiger partial charge in [-0.2, -0.15) is 0 Å². The Labute approximate surface area is 96.1 Å². The molecule has 0 saturated carbocycles. The molecule has 1 aromatic heterocycles. The highest BCUT2D eigenvalue weighted by Crippen LogP contribution is 2.06. The SMILES string of the molecule is CC(C)Cc1cn(Cc2ccccc2)nn1.